The zero-order valence-electron chi connectivity index (χ0n) is 6.68. The van der Waals surface area contributed by atoms with Gasteiger partial charge < -0.3 is 0 Å². The van der Waals surface area contributed by atoms with E-state index in [9.17, 15) is 4.79 Å². The van der Waals surface area contributed by atoms with E-state index in [1.807, 2.05) is 6.92 Å². The first-order valence-corrected chi connectivity index (χ1v) is 3.78. The van der Waals surface area contributed by atoms with Gasteiger partial charge in [0.2, 0.25) is 0 Å². The van der Waals surface area contributed by atoms with Gasteiger partial charge in [-0.25, -0.2) is 0 Å². The number of hydrogen-bond donors (Lipinski definition) is 0. The number of carbonyl (C=O) groups excluding carboxylic acids is 1. The molecule has 0 heterocycles. The molecule has 1 aliphatic rings. The molecule has 0 aromatic heterocycles. The Hall–Kier alpha value is -0.590. The Labute approximate surface area is 62.1 Å². The Morgan fingerprint density at radius 3 is 2.40 bits per heavy atom. The van der Waals surface area contributed by atoms with E-state index < -0.39 is 0 Å². The second-order valence-electron chi connectivity index (χ2n) is 3.38. The van der Waals surface area contributed by atoms with Gasteiger partial charge in [0, 0.05) is 12.8 Å². The van der Waals surface area contributed by atoms with E-state index in [1.165, 1.54) is 5.57 Å². The summed E-state index contributed by atoms with van der Waals surface area (Å²) < 4.78 is 0. The lowest BCUT2D eigenvalue weighted by molar-refractivity contribution is -0.117. The Balaban J connectivity index is 2.63. The topological polar surface area (TPSA) is 17.1 Å². The van der Waals surface area contributed by atoms with Crippen LogP contribution in [0.3, 0.4) is 0 Å². The molecule has 1 heteroatoms. The van der Waals surface area contributed by atoms with E-state index in [1.54, 1.807) is 0 Å². The highest BCUT2D eigenvalue weighted by Gasteiger charge is 2.29. The van der Waals surface area contributed by atoms with E-state index >= 15 is 0 Å². The molecule has 10 heavy (non-hydrogen) atoms. The molecule has 56 valence electrons. The van der Waals surface area contributed by atoms with Crippen molar-refractivity contribution in [2.24, 2.45) is 11.8 Å². The molecule has 1 saturated carbocycles. The van der Waals surface area contributed by atoms with E-state index in [0.29, 0.717) is 17.6 Å². The minimum absolute atomic E-state index is 0.403. The zero-order valence-corrected chi connectivity index (χ0v) is 6.68. The molecule has 0 aromatic carbocycles. The minimum atomic E-state index is 0.403. The van der Waals surface area contributed by atoms with Gasteiger partial charge in [-0.15, -0.1) is 0 Å². The van der Waals surface area contributed by atoms with Gasteiger partial charge in [0.1, 0.15) is 5.78 Å². The maximum Gasteiger partial charge on any atom is 0.133 e. The molecular weight excluding hydrogens is 124 g/mol. The summed E-state index contributed by atoms with van der Waals surface area (Å²) in [6.45, 7) is 8.01. The number of ketones is 1. The fraction of sp³-hybridized carbons (Fsp3) is 0.667. The lowest BCUT2D eigenvalue weighted by atomic mass is 9.92. The molecule has 1 aliphatic carbocycles. The third-order valence-electron chi connectivity index (χ3n) is 2.32. The summed E-state index contributed by atoms with van der Waals surface area (Å²) in [6, 6.07) is 0. The first-order valence-electron chi connectivity index (χ1n) is 3.78. The van der Waals surface area contributed by atoms with E-state index in [-0.39, 0.29) is 0 Å². The van der Waals surface area contributed by atoms with Crippen LogP contribution in [0.5, 0.6) is 0 Å². The van der Waals surface area contributed by atoms with Crippen molar-refractivity contribution in [1.29, 1.82) is 0 Å². The van der Waals surface area contributed by atoms with E-state index in [2.05, 4.69) is 13.5 Å². The van der Waals surface area contributed by atoms with Crippen LogP contribution >= 0.6 is 0 Å². The second-order valence-corrected chi connectivity index (χ2v) is 3.38. The van der Waals surface area contributed by atoms with Crippen molar-refractivity contribution in [3.63, 3.8) is 0 Å². The molecule has 1 nitrogen and oxygen atoms in total. The van der Waals surface area contributed by atoms with Crippen LogP contribution in [0.25, 0.3) is 0 Å². The average molecular weight is 138 g/mol. The molecule has 0 aromatic rings. The van der Waals surface area contributed by atoms with Gasteiger partial charge >= 0.3 is 0 Å². The molecule has 0 radical (unpaired) electrons. The Morgan fingerprint density at radius 1 is 1.60 bits per heavy atom. The second kappa shape index (κ2) is 2.57. The SMILES string of the molecule is C=C(C)[C@@H]1CC(=O)C[C@H]1C. The predicted molar refractivity (Wildman–Crippen MR) is 41.7 cm³/mol. The highest BCUT2D eigenvalue weighted by Crippen LogP contribution is 2.32. The summed E-state index contributed by atoms with van der Waals surface area (Å²) in [6.07, 6.45) is 1.49. The average Bonchev–Trinajstić information content (AvgIpc) is 2.10. The Bertz CT molecular complexity index is 170. The molecule has 0 spiro atoms. The molecule has 0 aliphatic heterocycles. The molecule has 0 saturated heterocycles. The van der Waals surface area contributed by atoms with Gasteiger partial charge in [0.15, 0.2) is 0 Å². The first-order chi connectivity index (χ1) is 4.61. The summed E-state index contributed by atoms with van der Waals surface area (Å²) in [5.41, 5.74) is 1.17. The standard InChI is InChI=1S/C9H14O/c1-6(2)9-5-8(10)4-7(9)3/h7,9H,1,4-5H2,2-3H3/t7-,9+/m1/s1. The molecule has 0 N–H and O–H groups in total. The summed E-state index contributed by atoms with van der Waals surface area (Å²) in [7, 11) is 0. The number of rotatable bonds is 1. The number of Topliss-reactive ketones (excluding diaryl/α,β-unsaturated/α-hetero) is 1. The highest BCUT2D eigenvalue weighted by atomic mass is 16.1. The van der Waals surface area contributed by atoms with Crippen molar-refractivity contribution >= 4 is 5.78 Å². The molecule has 0 unspecified atom stereocenters. The molecule has 1 rings (SSSR count). The minimum Gasteiger partial charge on any atom is -0.300 e. The fourth-order valence-electron chi connectivity index (χ4n) is 1.69. The molecule has 2 atom stereocenters. The van der Waals surface area contributed by atoms with Crippen LogP contribution in [-0.4, -0.2) is 5.78 Å². The van der Waals surface area contributed by atoms with Crippen LogP contribution in [-0.2, 0) is 4.79 Å². The number of hydrogen-bond acceptors (Lipinski definition) is 1. The van der Waals surface area contributed by atoms with Crippen molar-refractivity contribution in [2.45, 2.75) is 26.7 Å². The summed E-state index contributed by atoms with van der Waals surface area (Å²) >= 11 is 0. The van der Waals surface area contributed by atoms with Crippen LogP contribution in [0, 0.1) is 11.8 Å². The lowest BCUT2D eigenvalue weighted by Crippen LogP contribution is -2.03. The van der Waals surface area contributed by atoms with E-state index in [0.717, 1.165) is 12.8 Å². The van der Waals surface area contributed by atoms with Gasteiger partial charge in [-0.1, -0.05) is 19.1 Å². The highest BCUT2D eigenvalue weighted by molar-refractivity contribution is 5.81. The van der Waals surface area contributed by atoms with Crippen molar-refractivity contribution < 1.29 is 4.79 Å². The largest absolute Gasteiger partial charge is 0.300 e. The Kier molecular flexibility index (Phi) is 1.93. The third kappa shape index (κ3) is 1.28. The summed E-state index contributed by atoms with van der Waals surface area (Å²) in [5.74, 6) is 1.40. The van der Waals surface area contributed by atoms with Crippen molar-refractivity contribution in [2.75, 3.05) is 0 Å². The molecule has 0 bridgehead atoms. The van der Waals surface area contributed by atoms with Crippen LogP contribution in [0.1, 0.15) is 26.7 Å². The normalized spacial score (nSPS) is 32.8. The van der Waals surface area contributed by atoms with Gasteiger partial charge in [0.05, 0.1) is 0 Å². The quantitative estimate of drug-likeness (QED) is 0.507. The van der Waals surface area contributed by atoms with Crippen LogP contribution in [0.2, 0.25) is 0 Å². The smallest absolute Gasteiger partial charge is 0.133 e. The predicted octanol–water partition coefficient (Wildman–Crippen LogP) is 2.18. The van der Waals surface area contributed by atoms with E-state index in [4.69, 9.17) is 0 Å². The fourth-order valence-corrected chi connectivity index (χ4v) is 1.69. The van der Waals surface area contributed by atoms with Gasteiger partial charge in [-0.2, -0.15) is 0 Å². The molecular formula is C9H14O. The Morgan fingerprint density at radius 2 is 2.20 bits per heavy atom. The van der Waals surface area contributed by atoms with Crippen molar-refractivity contribution in [3.05, 3.63) is 12.2 Å². The first kappa shape index (κ1) is 7.52. The van der Waals surface area contributed by atoms with Gasteiger partial charge in [0.25, 0.3) is 0 Å². The van der Waals surface area contributed by atoms with Gasteiger partial charge in [-0.3, -0.25) is 4.79 Å². The van der Waals surface area contributed by atoms with Crippen LogP contribution in [0.15, 0.2) is 12.2 Å². The number of carbonyl (C=O) groups is 1. The van der Waals surface area contributed by atoms with Crippen molar-refractivity contribution in [3.8, 4) is 0 Å². The third-order valence-corrected chi connectivity index (χ3v) is 2.32. The number of allylic oxidation sites excluding steroid dienone is 1. The van der Waals surface area contributed by atoms with Gasteiger partial charge in [-0.05, 0) is 18.8 Å². The molecule has 0 amide bonds. The summed E-state index contributed by atoms with van der Waals surface area (Å²) in [5, 5.41) is 0. The zero-order chi connectivity index (χ0) is 7.72. The lowest BCUT2D eigenvalue weighted by Gasteiger charge is -2.12. The maximum atomic E-state index is 10.9. The summed E-state index contributed by atoms with van der Waals surface area (Å²) in [4.78, 5) is 10.9. The maximum absolute atomic E-state index is 10.9. The molecule has 1 fully saturated rings. The monoisotopic (exact) mass is 138 g/mol. The van der Waals surface area contributed by atoms with Crippen molar-refractivity contribution in [1.82, 2.24) is 0 Å². The van der Waals surface area contributed by atoms with Crippen LogP contribution in [0.4, 0.5) is 0 Å². The van der Waals surface area contributed by atoms with Crippen LogP contribution < -0.4 is 0 Å².